The third-order valence-corrected chi connectivity index (χ3v) is 4.90. The Hall–Kier alpha value is -3.09. The minimum absolute atomic E-state index is 0.111. The number of para-hydroxylation sites is 1. The van der Waals surface area contributed by atoms with Gasteiger partial charge in [-0.05, 0) is 18.6 Å². The van der Waals surface area contributed by atoms with Gasteiger partial charge in [-0.25, -0.2) is 4.98 Å². The molecule has 0 bridgehead atoms. The van der Waals surface area contributed by atoms with Gasteiger partial charge in [0, 0.05) is 43.9 Å². The summed E-state index contributed by atoms with van der Waals surface area (Å²) < 4.78 is 7.69. The zero-order valence-electron chi connectivity index (χ0n) is 15.1. The van der Waals surface area contributed by atoms with Crippen LogP contribution < -0.4 is 15.2 Å². The third kappa shape index (κ3) is 2.85. The number of H-pyrrole nitrogens is 1. The summed E-state index contributed by atoms with van der Waals surface area (Å²) in [5.74, 6) is 1.34. The van der Waals surface area contributed by atoms with Gasteiger partial charge in [-0.1, -0.05) is 18.2 Å². The molecule has 134 valence electrons. The van der Waals surface area contributed by atoms with E-state index in [9.17, 15) is 4.79 Å². The zero-order valence-corrected chi connectivity index (χ0v) is 15.1. The summed E-state index contributed by atoms with van der Waals surface area (Å²) in [6.45, 7) is 2.93. The van der Waals surface area contributed by atoms with Crippen LogP contribution in [0.15, 0.2) is 35.3 Å². The van der Waals surface area contributed by atoms with Crippen LogP contribution in [-0.2, 0) is 26.6 Å². The summed E-state index contributed by atoms with van der Waals surface area (Å²) in [6.07, 6.45) is 2.37. The number of nitrogens with zero attached hydrogens (tertiary/aromatic N) is 4. The first-order valence-corrected chi connectivity index (χ1v) is 8.54. The minimum atomic E-state index is -0.111. The molecule has 7 heteroatoms. The number of hydrogen-bond acceptors (Lipinski definition) is 5. The maximum atomic E-state index is 12.7. The Morgan fingerprint density at radius 3 is 2.92 bits per heavy atom. The average Bonchev–Trinajstić information content (AvgIpc) is 2.84. The highest BCUT2D eigenvalue weighted by Crippen LogP contribution is 2.26. The highest BCUT2D eigenvalue weighted by molar-refractivity contribution is 5.42. The molecule has 0 fully saturated rings. The molecule has 0 amide bonds. The van der Waals surface area contributed by atoms with Gasteiger partial charge in [0.15, 0.2) is 0 Å². The van der Waals surface area contributed by atoms with Crippen molar-refractivity contribution in [2.75, 3.05) is 11.9 Å². The molecule has 0 saturated heterocycles. The minimum Gasteiger partial charge on any atom is -0.487 e. The number of nitrogens with one attached hydrogen (secondary N) is 1. The zero-order chi connectivity index (χ0) is 18.3. The van der Waals surface area contributed by atoms with Crippen molar-refractivity contribution in [2.45, 2.75) is 26.5 Å². The maximum absolute atomic E-state index is 12.7. The Labute approximate surface area is 151 Å². The molecule has 0 spiro atoms. The number of ether oxygens (including phenoxy) is 1. The molecule has 3 heterocycles. The van der Waals surface area contributed by atoms with Crippen LogP contribution in [0.3, 0.4) is 0 Å². The van der Waals surface area contributed by atoms with E-state index in [-0.39, 0.29) is 5.56 Å². The van der Waals surface area contributed by atoms with E-state index in [1.165, 1.54) is 0 Å². The molecule has 0 radical (unpaired) electrons. The lowest BCUT2D eigenvalue weighted by Gasteiger charge is -2.18. The first-order chi connectivity index (χ1) is 12.5. The number of rotatable bonds is 3. The lowest BCUT2D eigenvalue weighted by atomic mass is 10.1. The SMILES string of the molecule is Cc1c(CN(C)c2nc3c(c(=O)[nH]2)Cc2ccccc2OC3)cnn1C. The van der Waals surface area contributed by atoms with Crippen LogP contribution >= 0.6 is 0 Å². The molecule has 0 unspecified atom stereocenters. The summed E-state index contributed by atoms with van der Waals surface area (Å²) in [6, 6.07) is 7.79. The van der Waals surface area contributed by atoms with Crippen LogP contribution in [-0.4, -0.2) is 26.8 Å². The smallest absolute Gasteiger partial charge is 0.256 e. The van der Waals surface area contributed by atoms with Gasteiger partial charge in [-0.3, -0.25) is 14.5 Å². The van der Waals surface area contributed by atoms with Crippen LogP contribution in [0, 0.1) is 6.92 Å². The van der Waals surface area contributed by atoms with Gasteiger partial charge in [0.25, 0.3) is 5.56 Å². The van der Waals surface area contributed by atoms with E-state index in [0.29, 0.717) is 36.8 Å². The van der Waals surface area contributed by atoms with E-state index in [1.54, 1.807) is 0 Å². The Morgan fingerprint density at radius 2 is 2.15 bits per heavy atom. The molecule has 4 rings (SSSR count). The Bertz CT molecular complexity index is 1020. The van der Waals surface area contributed by atoms with Crippen molar-refractivity contribution < 1.29 is 4.74 Å². The number of anilines is 1. The summed E-state index contributed by atoms with van der Waals surface area (Å²) in [4.78, 5) is 22.2. The van der Waals surface area contributed by atoms with Gasteiger partial charge in [-0.15, -0.1) is 0 Å². The van der Waals surface area contributed by atoms with Crippen molar-refractivity contribution in [3.05, 3.63) is 68.9 Å². The summed E-state index contributed by atoms with van der Waals surface area (Å²) in [5, 5.41) is 4.26. The number of fused-ring (bicyclic) bond motifs is 2. The predicted molar refractivity (Wildman–Crippen MR) is 98.5 cm³/mol. The molecule has 26 heavy (non-hydrogen) atoms. The second-order valence-electron chi connectivity index (χ2n) is 6.62. The standard InChI is InChI=1S/C19H21N5O2/c1-12-14(9-20-24(12)3)10-23(2)19-21-16-11-26-17-7-5-4-6-13(17)8-15(16)18(25)22-19/h4-7,9H,8,10-11H2,1-3H3,(H,21,22,25). The topological polar surface area (TPSA) is 76.0 Å². The molecule has 2 aromatic heterocycles. The third-order valence-electron chi connectivity index (χ3n) is 4.90. The van der Waals surface area contributed by atoms with Crippen LogP contribution in [0.2, 0.25) is 0 Å². The number of benzene rings is 1. The van der Waals surface area contributed by atoms with Crippen LogP contribution in [0.5, 0.6) is 5.75 Å². The quantitative estimate of drug-likeness (QED) is 0.780. The van der Waals surface area contributed by atoms with Crippen LogP contribution in [0.4, 0.5) is 5.95 Å². The monoisotopic (exact) mass is 351 g/mol. The molecule has 1 aliphatic rings. The molecule has 0 saturated carbocycles. The van der Waals surface area contributed by atoms with Gasteiger partial charge >= 0.3 is 0 Å². The fourth-order valence-corrected chi connectivity index (χ4v) is 3.17. The van der Waals surface area contributed by atoms with Crippen LogP contribution in [0.25, 0.3) is 0 Å². The first kappa shape index (κ1) is 16.4. The lowest BCUT2D eigenvalue weighted by Crippen LogP contribution is -2.26. The number of aromatic nitrogens is 4. The normalized spacial score (nSPS) is 12.7. The number of hydrogen-bond donors (Lipinski definition) is 1. The highest BCUT2D eigenvalue weighted by atomic mass is 16.5. The first-order valence-electron chi connectivity index (χ1n) is 8.54. The van der Waals surface area contributed by atoms with Crippen LogP contribution in [0.1, 0.15) is 28.1 Å². The lowest BCUT2D eigenvalue weighted by molar-refractivity contribution is 0.302. The van der Waals surface area contributed by atoms with E-state index >= 15 is 0 Å². The van der Waals surface area contributed by atoms with E-state index in [1.807, 2.05) is 61.1 Å². The highest BCUT2D eigenvalue weighted by Gasteiger charge is 2.20. The van der Waals surface area contributed by atoms with Crippen molar-refractivity contribution in [2.24, 2.45) is 7.05 Å². The predicted octanol–water partition coefficient (Wildman–Crippen LogP) is 1.93. The Kier molecular flexibility index (Phi) is 3.99. The van der Waals surface area contributed by atoms with Gasteiger partial charge in [0.2, 0.25) is 5.95 Å². The maximum Gasteiger partial charge on any atom is 0.256 e. The molecule has 0 atom stereocenters. The second kappa shape index (κ2) is 6.33. The van der Waals surface area contributed by atoms with Crippen molar-refractivity contribution in [3.8, 4) is 5.75 Å². The fraction of sp³-hybridized carbons (Fsp3) is 0.316. The largest absolute Gasteiger partial charge is 0.487 e. The Morgan fingerprint density at radius 1 is 1.35 bits per heavy atom. The molecule has 3 aromatic rings. The van der Waals surface area contributed by atoms with Gasteiger partial charge in [0.05, 0.1) is 11.9 Å². The molecule has 0 aliphatic carbocycles. The van der Waals surface area contributed by atoms with Crippen molar-refractivity contribution in [3.63, 3.8) is 0 Å². The average molecular weight is 351 g/mol. The molecular formula is C19H21N5O2. The summed E-state index contributed by atoms with van der Waals surface area (Å²) >= 11 is 0. The van der Waals surface area contributed by atoms with Gasteiger partial charge < -0.3 is 9.64 Å². The molecule has 1 aromatic carbocycles. The Balaban J connectivity index is 1.65. The van der Waals surface area contributed by atoms with Crippen molar-refractivity contribution >= 4 is 5.95 Å². The molecule has 7 nitrogen and oxygen atoms in total. The van der Waals surface area contributed by atoms with Gasteiger partial charge in [-0.2, -0.15) is 5.10 Å². The van der Waals surface area contributed by atoms with E-state index in [0.717, 1.165) is 22.6 Å². The fourth-order valence-electron chi connectivity index (χ4n) is 3.17. The number of aryl methyl sites for hydroxylation is 1. The van der Waals surface area contributed by atoms with Crippen molar-refractivity contribution in [1.82, 2.24) is 19.7 Å². The van der Waals surface area contributed by atoms with Gasteiger partial charge in [0.1, 0.15) is 12.4 Å². The van der Waals surface area contributed by atoms with Crippen molar-refractivity contribution in [1.29, 1.82) is 0 Å². The number of aromatic amines is 1. The summed E-state index contributed by atoms with van der Waals surface area (Å²) in [7, 11) is 3.82. The second-order valence-corrected chi connectivity index (χ2v) is 6.62. The van der Waals surface area contributed by atoms with E-state index in [2.05, 4.69) is 15.1 Å². The van der Waals surface area contributed by atoms with E-state index in [4.69, 9.17) is 4.74 Å². The van der Waals surface area contributed by atoms with E-state index < -0.39 is 0 Å². The summed E-state index contributed by atoms with van der Waals surface area (Å²) in [5.41, 5.74) is 4.44. The molecule has 1 aliphatic heterocycles. The molecule has 1 N–H and O–H groups in total. The molecular weight excluding hydrogens is 330 g/mol.